The van der Waals surface area contributed by atoms with Crippen molar-refractivity contribution in [1.29, 1.82) is 0 Å². The van der Waals surface area contributed by atoms with E-state index < -0.39 is 22.8 Å². The first kappa shape index (κ1) is 16.6. The summed E-state index contributed by atoms with van der Waals surface area (Å²) in [5.41, 5.74) is 0. The lowest BCUT2D eigenvalue weighted by Crippen LogP contribution is -2.44. The van der Waals surface area contributed by atoms with Gasteiger partial charge in [-0.1, -0.05) is 18.2 Å². The van der Waals surface area contributed by atoms with Crippen LogP contribution in [0.4, 0.5) is 0 Å². The highest BCUT2D eigenvalue weighted by atomic mass is 32.2. The molecule has 2 rings (SSSR count). The number of carboxylic acids is 1. The number of carbonyl (C=O) groups excluding carboxylic acids is 1. The maximum atomic E-state index is 12.1. The Bertz CT molecular complexity index is 542. The summed E-state index contributed by atoms with van der Waals surface area (Å²) in [6.07, 6.45) is 0.726. The predicted molar refractivity (Wildman–Crippen MR) is 80.8 cm³/mol. The molecule has 1 saturated heterocycles. The third-order valence-corrected chi connectivity index (χ3v) is 4.92. The van der Waals surface area contributed by atoms with Crippen molar-refractivity contribution in [3.8, 4) is 0 Å². The van der Waals surface area contributed by atoms with Crippen LogP contribution in [0, 0.1) is 5.92 Å². The number of carboxylic acid groups (broad SMARTS) is 1. The molecular weight excluding hydrogens is 306 g/mol. The number of aliphatic carboxylic acids is 1. The van der Waals surface area contributed by atoms with Gasteiger partial charge in [-0.2, -0.15) is 0 Å². The highest BCUT2D eigenvalue weighted by Gasteiger charge is 2.28. The molecule has 1 fully saturated rings. The Morgan fingerprint density at radius 3 is 2.68 bits per heavy atom. The van der Waals surface area contributed by atoms with E-state index in [1.54, 1.807) is 24.3 Å². The van der Waals surface area contributed by atoms with Gasteiger partial charge >= 0.3 is 5.97 Å². The summed E-state index contributed by atoms with van der Waals surface area (Å²) in [6.45, 7) is 0.849. The van der Waals surface area contributed by atoms with E-state index in [0.717, 1.165) is 0 Å². The van der Waals surface area contributed by atoms with Crippen LogP contribution in [0.15, 0.2) is 35.2 Å². The van der Waals surface area contributed by atoms with E-state index in [1.165, 1.54) is 0 Å². The molecule has 1 amide bonds. The number of carbonyl (C=O) groups is 2. The van der Waals surface area contributed by atoms with Gasteiger partial charge in [0.25, 0.3) is 0 Å². The number of hydrogen-bond donors (Lipinski definition) is 2. The predicted octanol–water partition coefficient (Wildman–Crippen LogP) is 0.790. The fourth-order valence-corrected chi connectivity index (χ4v) is 3.35. The molecule has 0 saturated carbocycles. The molecule has 2 N–H and O–H groups in total. The maximum absolute atomic E-state index is 12.1. The first-order chi connectivity index (χ1) is 10.6. The van der Waals surface area contributed by atoms with Gasteiger partial charge in [0.2, 0.25) is 5.91 Å². The molecule has 1 aliphatic rings. The molecule has 7 heteroatoms. The molecule has 1 aliphatic heterocycles. The van der Waals surface area contributed by atoms with Crippen LogP contribution >= 0.6 is 0 Å². The van der Waals surface area contributed by atoms with E-state index in [-0.39, 0.29) is 24.0 Å². The Morgan fingerprint density at radius 1 is 1.36 bits per heavy atom. The second-order valence-electron chi connectivity index (χ2n) is 5.11. The van der Waals surface area contributed by atoms with Gasteiger partial charge in [-0.15, -0.1) is 0 Å². The number of nitrogens with one attached hydrogen (secondary N) is 1. The summed E-state index contributed by atoms with van der Waals surface area (Å²) in [4.78, 5) is 23.9. The van der Waals surface area contributed by atoms with Gasteiger partial charge in [-0.25, -0.2) is 4.79 Å². The van der Waals surface area contributed by atoms with E-state index in [4.69, 9.17) is 4.74 Å². The van der Waals surface area contributed by atoms with Crippen LogP contribution < -0.4 is 5.32 Å². The standard InChI is InChI=1S/C15H19NO5S/c17-14(11-6-8-21-10-11)16-13(15(18)19)7-9-22(20)12-4-2-1-3-5-12/h1-5,11,13H,6-10H2,(H,16,17)(H,18,19)/t11-,13+,22+/m1/s1. The van der Waals surface area contributed by atoms with Crippen molar-refractivity contribution in [1.82, 2.24) is 5.32 Å². The average Bonchev–Trinajstić information content (AvgIpc) is 3.06. The summed E-state index contributed by atoms with van der Waals surface area (Å²) in [5.74, 6) is -1.53. The third kappa shape index (κ3) is 4.64. The zero-order chi connectivity index (χ0) is 15.9. The maximum Gasteiger partial charge on any atom is 0.326 e. The Hall–Kier alpha value is -1.73. The molecule has 0 aliphatic carbocycles. The van der Waals surface area contributed by atoms with Gasteiger partial charge in [-0.3, -0.25) is 9.00 Å². The van der Waals surface area contributed by atoms with E-state index in [2.05, 4.69) is 5.32 Å². The average molecular weight is 325 g/mol. The van der Waals surface area contributed by atoms with E-state index in [0.29, 0.717) is 24.5 Å². The first-order valence-corrected chi connectivity index (χ1v) is 8.44. The molecular formula is C15H19NO5S. The number of amides is 1. The van der Waals surface area contributed by atoms with Crippen LogP contribution in [0.25, 0.3) is 0 Å². The van der Waals surface area contributed by atoms with Gasteiger partial charge in [0, 0.05) is 17.3 Å². The first-order valence-electron chi connectivity index (χ1n) is 7.12. The van der Waals surface area contributed by atoms with Crippen molar-refractivity contribution in [3.05, 3.63) is 30.3 Å². The minimum Gasteiger partial charge on any atom is -0.480 e. The lowest BCUT2D eigenvalue weighted by atomic mass is 10.1. The number of hydrogen-bond acceptors (Lipinski definition) is 4. The van der Waals surface area contributed by atoms with Crippen molar-refractivity contribution in [2.75, 3.05) is 19.0 Å². The monoisotopic (exact) mass is 325 g/mol. The van der Waals surface area contributed by atoms with Crippen molar-refractivity contribution < 1.29 is 23.6 Å². The minimum absolute atomic E-state index is 0.121. The molecule has 120 valence electrons. The van der Waals surface area contributed by atoms with Crippen LogP contribution in [0.5, 0.6) is 0 Å². The zero-order valence-corrected chi connectivity index (χ0v) is 12.9. The van der Waals surface area contributed by atoms with Gasteiger partial charge in [-0.05, 0) is 25.0 Å². The Labute approximate surface area is 131 Å². The molecule has 6 nitrogen and oxygen atoms in total. The number of rotatable bonds is 7. The molecule has 1 aromatic carbocycles. The smallest absolute Gasteiger partial charge is 0.326 e. The molecule has 3 atom stereocenters. The van der Waals surface area contributed by atoms with Crippen molar-refractivity contribution in [2.24, 2.45) is 5.92 Å². The van der Waals surface area contributed by atoms with Crippen molar-refractivity contribution in [3.63, 3.8) is 0 Å². The molecule has 1 aromatic rings. The summed E-state index contributed by atoms with van der Waals surface area (Å²) in [5, 5.41) is 11.7. The molecule has 0 radical (unpaired) electrons. The van der Waals surface area contributed by atoms with Gasteiger partial charge in [0.1, 0.15) is 6.04 Å². The van der Waals surface area contributed by atoms with Crippen LogP contribution in [0.1, 0.15) is 12.8 Å². The summed E-state index contributed by atoms with van der Waals surface area (Å²) >= 11 is 0. The second-order valence-corrected chi connectivity index (χ2v) is 6.68. The van der Waals surface area contributed by atoms with Crippen LogP contribution in [0.3, 0.4) is 0 Å². The van der Waals surface area contributed by atoms with E-state index in [9.17, 15) is 18.9 Å². The normalized spacial score (nSPS) is 20.3. The molecule has 1 heterocycles. The SMILES string of the molecule is O=C(N[C@@H](CC[S@](=O)c1ccccc1)C(=O)O)[C@@H]1CCOC1. The molecule has 0 unspecified atom stereocenters. The summed E-state index contributed by atoms with van der Waals surface area (Å²) in [7, 11) is -1.28. The van der Waals surface area contributed by atoms with E-state index >= 15 is 0 Å². The number of ether oxygens (including phenoxy) is 1. The largest absolute Gasteiger partial charge is 0.480 e. The summed E-state index contributed by atoms with van der Waals surface area (Å²) < 4.78 is 17.2. The molecule has 0 aromatic heterocycles. The topological polar surface area (TPSA) is 92.7 Å². The van der Waals surface area contributed by atoms with Crippen molar-refractivity contribution >= 4 is 22.7 Å². The Morgan fingerprint density at radius 2 is 2.09 bits per heavy atom. The fraction of sp³-hybridized carbons (Fsp3) is 0.467. The molecule has 0 bridgehead atoms. The number of benzene rings is 1. The molecule has 22 heavy (non-hydrogen) atoms. The van der Waals surface area contributed by atoms with Crippen LogP contribution in [-0.4, -0.2) is 46.2 Å². The van der Waals surface area contributed by atoms with Gasteiger partial charge in [0.15, 0.2) is 0 Å². The van der Waals surface area contributed by atoms with Crippen LogP contribution in [-0.2, 0) is 25.1 Å². The summed E-state index contributed by atoms with van der Waals surface area (Å²) in [6, 6.07) is 7.83. The van der Waals surface area contributed by atoms with Gasteiger partial charge in [0.05, 0.1) is 23.3 Å². The fourth-order valence-electron chi connectivity index (χ4n) is 2.20. The zero-order valence-electron chi connectivity index (χ0n) is 12.1. The third-order valence-electron chi connectivity index (χ3n) is 3.51. The Kier molecular flexibility index (Phi) is 6.09. The quantitative estimate of drug-likeness (QED) is 0.773. The lowest BCUT2D eigenvalue weighted by molar-refractivity contribution is -0.142. The van der Waals surface area contributed by atoms with Crippen LogP contribution in [0.2, 0.25) is 0 Å². The highest BCUT2D eigenvalue weighted by molar-refractivity contribution is 7.85. The molecule has 0 spiro atoms. The lowest BCUT2D eigenvalue weighted by Gasteiger charge is -2.16. The highest BCUT2D eigenvalue weighted by Crippen LogP contribution is 2.13. The minimum atomic E-state index is -1.28. The van der Waals surface area contributed by atoms with Gasteiger partial charge < -0.3 is 15.2 Å². The Balaban J connectivity index is 1.87. The van der Waals surface area contributed by atoms with E-state index in [1.807, 2.05) is 6.07 Å². The van der Waals surface area contributed by atoms with Crippen molar-refractivity contribution in [2.45, 2.75) is 23.8 Å². The second kappa shape index (κ2) is 8.05.